The molecule has 0 bridgehead atoms. The largest absolute Gasteiger partial charge is 0.467 e. The first-order valence-electron chi connectivity index (χ1n) is 8.27. The molecule has 0 saturated heterocycles. The molecule has 26 heavy (non-hydrogen) atoms. The fourth-order valence-electron chi connectivity index (χ4n) is 2.51. The Morgan fingerprint density at radius 2 is 1.77 bits per heavy atom. The average Bonchev–Trinajstić information content (AvgIpc) is 3.20. The maximum Gasteiger partial charge on any atom is 0.252 e. The van der Waals surface area contributed by atoms with Gasteiger partial charge in [-0.3, -0.25) is 14.6 Å². The van der Waals surface area contributed by atoms with Crippen LogP contribution in [-0.4, -0.2) is 22.8 Å². The highest BCUT2D eigenvalue weighted by Gasteiger charge is 2.22. The lowest BCUT2D eigenvalue weighted by Gasteiger charge is -2.18. The van der Waals surface area contributed by atoms with Gasteiger partial charge >= 0.3 is 0 Å². The van der Waals surface area contributed by atoms with E-state index in [1.807, 2.05) is 30.3 Å². The van der Waals surface area contributed by atoms with E-state index < -0.39 is 6.04 Å². The van der Waals surface area contributed by atoms with Gasteiger partial charge in [0.15, 0.2) is 0 Å². The number of furan rings is 1. The molecule has 0 aliphatic carbocycles. The number of nitrogens with one attached hydrogen (secondary N) is 2. The second kappa shape index (κ2) is 8.62. The van der Waals surface area contributed by atoms with Gasteiger partial charge in [-0.2, -0.15) is 0 Å². The summed E-state index contributed by atoms with van der Waals surface area (Å²) in [4.78, 5) is 29.0. The summed E-state index contributed by atoms with van der Waals surface area (Å²) in [6, 6.07) is 15.6. The summed E-state index contributed by atoms with van der Waals surface area (Å²) in [6.45, 7) is 0.266. The van der Waals surface area contributed by atoms with Gasteiger partial charge in [0.05, 0.1) is 12.8 Å². The molecule has 6 nitrogen and oxygen atoms in total. The molecule has 0 unspecified atom stereocenters. The number of hydrogen-bond donors (Lipinski definition) is 2. The van der Waals surface area contributed by atoms with E-state index in [1.165, 1.54) is 12.4 Å². The van der Waals surface area contributed by atoms with E-state index in [-0.39, 0.29) is 18.4 Å². The Morgan fingerprint density at radius 3 is 2.46 bits per heavy atom. The molecule has 6 heteroatoms. The predicted molar refractivity (Wildman–Crippen MR) is 96.2 cm³/mol. The minimum absolute atomic E-state index is 0.266. The van der Waals surface area contributed by atoms with E-state index in [0.29, 0.717) is 17.7 Å². The Hall–Kier alpha value is -3.41. The molecular weight excluding hydrogens is 330 g/mol. The first-order valence-corrected chi connectivity index (χ1v) is 8.27. The average molecular weight is 349 g/mol. The smallest absolute Gasteiger partial charge is 0.252 e. The van der Waals surface area contributed by atoms with E-state index in [9.17, 15) is 9.59 Å². The summed E-state index contributed by atoms with van der Waals surface area (Å²) < 4.78 is 5.22. The fourth-order valence-corrected chi connectivity index (χ4v) is 2.51. The molecule has 2 heterocycles. The maximum absolute atomic E-state index is 12.6. The summed E-state index contributed by atoms with van der Waals surface area (Å²) in [5.74, 6) is 0.0615. The van der Waals surface area contributed by atoms with Gasteiger partial charge in [0.1, 0.15) is 11.8 Å². The van der Waals surface area contributed by atoms with Crippen molar-refractivity contribution in [2.24, 2.45) is 0 Å². The third kappa shape index (κ3) is 4.80. The van der Waals surface area contributed by atoms with Gasteiger partial charge < -0.3 is 15.1 Å². The quantitative estimate of drug-likeness (QED) is 0.686. The zero-order valence-corrected chi connectivity index (χ0v) is 14.1. The van der Waals surface area contributed by atoms with E-state index in [4.69, 9.17) is 4.42 Å². The van der Waals surface area contributed by atoms with Gasteiger partial charge in [0.25, 0.3) is 5.91 Å². The lowest BCUT2D eigenvalue weighted by Crippen LogP contribution is -2.47. The van der Waals surface area contributed by atoms with Crippen LogP contribution in [-0.2, 0) is 17.8 Å². The first kappa shape index (κ1) is 17.4. The van der Waals surface area contributed by atoms with Crippen LogP contribution in [0.15, 0.2) is 77.7 Å². The molecule has 0 radical (unpaired) electrons. The molecule has 0 fully saturated rings. The summed E-state index contributed by atoms with van der Waals surface area (Å²) in [5.41, 5.74) is 1.41. The Labute approximate surface area is 151 Å². The van der Waals surface area contributed by atoms with Crippen LogP contribution in [0.2, 0.25) is 0 Å². The van der Waals surface area contributed by atoms with Crippen LogP contribution >= 0.6 is 0 Å². The number of pyridine rings is 1. The number of carbonyl (C=O) groups is 2. The number of aromatic nitrogens is 1. The number of benzene rings is 1. The minimum Gasteiger partial charge on any atom is -0.467 e. The van der Waals surface area contributed by atoms with Gasteiger partial charge in [0, 0.05) is 24.4 Å². The van der Waals surface area contributed by atoms with Crippen LogP contribution in [0.3, 0.4) is 0 Å². The molecule has 132 valence electrons. The number of hydrogen-bond acceptors (Lipinski definition) is 4. The van der Waals surface area contributed by atoms with Gasteiger partial charge in [0.2, 0.25) is 5.91 Å². The standard InChI is InChI=1S/C20H19N3O3/c24-19(16-8-10-21-11-9-16)23-18(13-15-5-2-1-3-6-15)20(25)22-14-17-7-4-12-26-17/h1-12,18H,13-14H2,(H,22,25)(H,23,24)/t18-/m0/s1. The first-order chi connectivity index (χ1) is 12.7. The maximum atomic E-state index is 12.6. The Kier molecular flexibility index (Phi) is 5.77. The van der Waals surface area contributed by atoms with Crippen molar-refractivity contribution in [3.63, 3.8) is 0 Å². The Morgan fingerprint density at radius 1 is 1.00 bits per heavy atom. The second-order valence-corrected chi connectivity index (χ2v) is 5.75. The van der Waals surface area contributed by atoms with E-state index in [0.717, 1.165) is 5.56 Å². The van der Waals surface area contributed by atoms with Crippen molar-refractivity contribution in [2.45, 2.75) is 19.0 Å². The van der Waals surface area contributed by atoms with Crippen molar-refractivity contribution < 1.29 is 14.0 Å². The van der Waals surface area contributed by atoms with Crippen LogP contribution in [0.25, 0.3) is 0 Å². The molecule has 3 aromatic rings. The van der Waals surface area contributed by atoms with Gasteiger partial charge in [-0.05, 0) is 29.8 Å². The number of nitrogens with zero attached hydrogens (tertiary/aromatic N) is 1. The van der Waals surface area contributed by atoms with Crippen molar-refractivity contribution in [2.75, 3.05) is 0 Å². The summed E-state index contributed by atoms with van der Waals surface area (Å²) in [6.07, 6.45) is 5.02. The van der Waals surface area contributed by atoms with Gasteiger partial charge in [-0.25, -0.2) is 0 Å². The van der Waals surface area contributed by atoms with Crippen molar-refractivity contribution >= 4 is 11.8 Å². The fraction of sp³-hybridized carbons (Fsp3) is 0.150. The highest BCUT2D eigenvalue weighted by molar-refractivity contribution is 5.97. The molecule has 2 amide bonds. The summed E-state index contributed by atoms with van der Waals surface area (Å²) >= 11 is 0. The topological polar surface area (TPSA) is 84.2 Å². The molecule has 3 rings (SSSR count). The molecule has 2 N–H and O–H groups in total. The lowest BCUT2D eigenvalue weighted by atomic mass is 10.0. The summed E-state index contributed by atoms with van der Waals surface area (Å²) in [7, 11) is 0. The van der Waals surface area contributed by atoms with Crippen LogP contribution in [0.5, 0.6) is 0 Å². The Bertz CT molecular complexity index is 833. The predicted octanol–water partition coefficient (Wildman–Crippen LogP) is 2.33. The Balaban J connectivity index is 1.70. The van der Waals surface area contributed by atoms with Crippen LogP contribution in [0.1, 0.15) is 21.7 Å². The van der Waals surface area contributed by atoms with Crippen molar-refractivity contribution in [3.8, 4) is 0 Å². The number of carbonyl (C=O) groups excluding carboxylic acids is 2. The monoisotopic (exact) mass is 349 g/mol. The van der Waals surface area contributed by atoms with Crippen LogP contribution < -0.4 is 10.6 Å². The van der Waals surface area contributed by atoms with Crippen molar-refractivity contribution in [3.05, 3.63) is 90.1 Å². The number of amides is 2. The molecule has 1 aromatic carbocycles. The SMILES string of the molecule is O=C(N[C@@H](Cc1ccccc1)C(=O)NCc1ccco1)c1ccncc1. The van der Waals surface area contributed by atoms with Gasteiger partial charge in [-0.1, -0.05) is 30.3 Å². The zero-order chi connectivity index (χ0) is 18.2. The molecular formula is C20H19N3O3. The normalized spacial score (nSPS) is 11.5. The van der Waals surface area contributed by atoms with E-state index >= 15 is 0 Å². The molecule has 2 aromatic heterocycles. The van der Waals surface area contributed by atoms with E-state index in [1.54, 1.807) is 30.5 Å². The lowest BCUT2D eigenvalue weighted by molar-refractivity contribution is -0.123. The highest BCUT2D eigenvalue weighted by Crippen LogP contribution is 2.06. The third-order valence-corrected chi connectivity index (χ3v) is 3.86. The molecule has 0 aliphatic rings. The van der Waals surface area contributed by atoms with Crippen LogP contribution in [0.4, 0.5) is 0 Å². The van der Waals surface area contributed by atoms with Crippen LogP contribution in [0, 0.1) is 0 Å². The van der Waals surface area contributed by atoms with E-state index in [2.05, 4.69) is 15.6 Å². The van der Waals surface area contributed by atoms with Gasteiger partial charge in [-0.15, -0.1) is 0 Å². The second-order valence-electron chi connectivity index (χ2n) is 5.75. The summed E-state index contributed by atoms with van der Waals surface area (Å²) in [5, 5.41) is 5.60. The third-order valence-electron chi connectivity index (χ3n) is 3.86. The minimum atomic E-state index is -0.701. The highest BCUT2D eigenvalue weighted by atomic mass is 16.3. The molecule has 0 aliphatic heterocycles. The molecule has 0 saturated carbocycles. The van der Waals surface area contributed by atoms with Crippen molar-refractivity contribution in [1.82, 2.24) is 15.6 Å². The molecule has 1 atom stereocenters. The molecule has 0 spiro atoms. The number of rotatable bonds is 7. The zero-order valence-electron chi connectivity index (χ0n) is 14.1. The van der Waals surface area contributed by atoms with Crippen molar-refractivity contribution in [1.29, 1.82) is 0 Å².